The van der Waals surface area contributed by atoms with E-state index in [4.69, 9.17) is 10.3 Å². The van der Waals surface area contributed by atoms with Gasteiger partial charge in [0.25, 0.3) is 10.1 Å². The first-order valence-corrected chi connectivity index (χ1v) is 7.95. The van der Waals surface area contributed by atoms with Crippen LogP contribution in [0.1, 0.15) is 10.4 Å². The van der Waals surface area contributed by atoms with Gasteiger partial charge in [0.15, 0.2) is 0 Å². The van der Waals surface area contributed by atoms with E-state index in [1.165, 1.54) is 12.1 Å². The van der Waals surface area contributed by atoms with Crippen LogP contribution in [0.5, 0.6) is 0 Å². The molecule has 120 valence electrons. The van der Waals surface area contributed by atoms with Gasteiger partial charge in [-0.25, -0.2) is 4.79 Å². The molecule has 0 unspecified atom stereocenters. The molecule has 0 amide bonds. The summed E-state index contributed by atoms with van der Waals surface area (Å²) in [6.45, 7) is -1.11. The quantitative estimate of drug-likeness (QED) is 0.247. The van der Waals surface area contributed by atoms with E-state index in [9.17, 15) is 18.3 Å². The molecule has 0 heterocycles. The highest BCUT2D eigenvalue weighted by molar-refractivity contribution is 7.86. The molecule has 0 fully saturated rings. The van der Waals surface area contributed by atoms with Gasteiger partial charge in [0.1, 0.15) is 12.2 Å². The fourth-order valence-corrected chi connectivity index (χ4v) is 2.20. The van der Waals surface area contributed by atoms with Crippen LogP contribution in [-0.4, -0.2) is 51.1 Å². The summed E-state index contributed by atoms with van der Waals surface area (Å²) in [6, 6.07) is 7.94. The minimum absolute atomic E-state index is 0.226. The molecule has 0 aliphatic rings. The maximum absolute atomic E-state index is 12.0. The molecule has 1 aromatic carbocycles. The topological polar surface area (TPSA) is 139 Å². The molecular weight excluding hydrogens is 314 g/mol. The van der Waals surface area contributed by atoms with E-state index in [0.717, 1.165) is 6.26 Å². The van der Waals surface area contributed by atoms with E-state index in [-0.39, 0.29) is 12.1 Å². The molecule has 0 saturated carbocycles. The van der Waals surface area contributed by atoms with Gasteiger partial charge < -0.3 is 9.84 Å². The molecule has 0 aromatic heterocycles. The molecule has 0 aliphatic carbocycles. The number of aliphatic hydroxyl groups is 1. The molecule has 0 spiro atoms. The average molecular weight is 329 g/mol. The molecule has 0 saturated heterocycles. The van der Waals surface area contributed by atoms with Gasteiger partial charge in [-0.1, -0.05) is 23.3 Å². The van der Waals surface area contributed by atoms with Gasteiger partial charge in [-0.05, 0) is 17.7 Å². The first kappa shape index (κ1) is 17.9. The van der Waals surface area contributed by atoms with E-state index in [1.807, 2.05) is 0 Å². The summed E-state index contributed by atoms with van der Waals surface area (Å²) in [5.41, 5.74) is 8.58. The number of aliphatic hydroxyl groups excluding tert-OH is 1. The molecule has 1 rings (SSSR count). The third-order valence-electron chi connectivity index (χ3n) is 2.49. The molecule has 1 N–H and O–H groups in total. The Hall–Kier alpha value is -2.13. The number of rotatable bonds is 8. The van der Waals surface area contributed by atoms with Crippen LogP contribution in [0.4, 0.5) is 0 Å². The maximum atomic E-state index is 12.0. The number of hydrogen-bond donors (Lipinski definition) is 1. The predicted molar refractivity (Wildman–Crippen MR) is 76.5 cm³/mol. The normalized spacial score (nSPS) is 13.7. The van der Waals surface area contributed by atoms with Gasteiger partial charge in [0.05, 0.1) is 25.0 Å². The SMILES string of the molecule is CS(=O)(=O)O[C@H](CO)[C@H](CN=[N+]=[N-])OC(=O)c1ccccc1. The number of hydrogen-bond acceptors (Lipinski definition) is 7. The number of carbonyl (C=O) groups excluding carboxylic acids is 1. The molecule has 0 bridgehead atoms. The Morgan fingerprint density at radius 1 is 1.36 bits per heavy atom. The van der Waals surface area contributed by atoms with Crippen molar-refractivity contribution in [3.05, 3.63) is 46.3 Å². The van der Waals surface area contributed by atoms with Gasteiger partial charge >= 0.3 is 5.97 Å². The summed E-state index contributed by atoms with van der Waals surface area (Å²) < 4.78 is 32.0. The smallest absolute Gasteiger partial charge is 0.338 e. The highest BCUT2D eigenvalue weighted by Crippen LogP contribution is 2.12. The molecule has 22 heavy (non-hydrogen) atoms. The zero-order valence-corrected chi connectivity index (χ0v) is 12.5. The first-order valence-electron chi connectivity index (χ1n) is 6.13. The van der Waals surface area contributed by atoms with Crippen molar-refractivity contribution in [1.82, 2.24) is 0 Å². The molecule has 2 atom stereocenters. The van der Waals surface area contributed by atoms with Gasteiger partial charge in [-0.15, -0.1) is 0 Å². The van der Waals surface area contributed by atoms with Crippen LogP contribution in [0.25, 0.3) is 10.4 Å². The van der Waals surface area contributed by atoms with Crippen molar-refractivity contribution in [2.75, 3.05) is 19.4 Å². The number of nitrogens with zero attached hydrogens (tertiary/aromatic N) is 3. The Morgan fingerprint density at radius 2 is 2.00 bits per heavy atom. The second-order valence-corrected chi connectivity index (χ2v) is 5.85. The number of azide groups is 1. The van der Waals surface area contributed by atoms with E-state index in [1.54, 1.807) is 18.2 Å². The maximum Gasteiger partial charge on any atom is 0.338 e. The van der Waals surface area contributed by atoms with Crippen molar-refractivity contribution in [3.63, 3.8) is 0 Å². The molecule has 0 aliphatic heterocycles. The number of ether oxygens (including phenoxy) is 1. The Balaban J connectivity index is 2.91. The third-order valence-corrected chi connectivity index (χ3v) is 3.08. The highest BCUT2D eigenvalue weighted by atomic mass is 32.2. The Kier molecular flexibility index (Phi) is 6.80. The summed E-state index contributed by atoms with van der Waals surface area (Å²) in [7, 11) is -3.89. The van der Waals surface area contributed by atoms with Gasteiger partial charge in [0.2, 0.25) is 0 Å². The van der Waals surface area contributed by atoms with Crippen molar-refractivity contribution in [3.8, 4) is 0 Å². The Morgan fingerprint density at radius 3 is 2.50 bits per heavy atom. The highest BCUT2D eigenvalue weighted by Gasteiger charge is 2.28. The third kappa shape index (κ3) is 6.10. The summed E-state index contributed by atoms with van der Waals surface area (Å²) in [6.07, 6.45) is -1.82. The summed E-state index contributed by atoms with van der Waals surface area (Å²) >= 11 is 0. The largest absolute Gasteiger partial charge is 0.456 e. The molecular formula is C12H15N3O6S. The van der Waals surface area contributed by atoms with E-state index in [0.29, 0.717) is 0 Å². The minimum atomic E-state index is -3.89. The van der Waals surface area contributed by atoms with Crippen LogP contribution in [0, 0.1) is 0 Å². The van der Waals surface area contributed by atoms with Crippen molar-refractivity contribution < 1.29 is 27.2 Å². The van der Waals surface area contributed by atoms with Crippen LogP contribution < -0.4 is 0 Å². The van der Waals surface area contributed by atoms with E-state index >= 15 is 0 Å². The van der Waals surface area contributed by atoms with Gasteiger partial charge in [-0.3, -0.25) is 4.18 Å². The van der Waals surface area contributed by atoms with Crippen LogP contribution >= 0.6 is 0 Å². The predicted octanol–water partition coefficient (Wildman–Crippen LogP) is 0.859. The lowest BCUT2D eigenvalue weighted by molar-refractivity contribution is -0.0203. The Labute approximate surface area is 127 Å². The fraction of sp³-hybridized carbons (Fsp3) is 0.417. The van der Waals surface area contributed by atoms with E-state index < -0.39 is 34.9 Å². The molecule has 10 heteroatoms. The minimum Gasteiger partial charge on any atom is -0.456 e. The van der Waals surface area contributed by atoms with Gasteiger partial charge in [-0.2, -0.15) is 8.42 Å². The zero-order chi connectivity index (χ0) is 16.6. The van der Waals surface area contributed by atoms with Crippen LogP contribution in [-0.2, 0) is 19.0 Å². The first-order chi connectivity index (χ1) is 10.4. The lowest BCUT2D eigenvalue weighted by Crippen LogP contribution is -2.39. The standard InChI is InChI=1S/C12H15N3O6S/c1-22(18,19)21-11(8-16)10(7-14-15-13)20-12(17)9-5-3-2-4-6-9/h2-6,10-11,16H,7-8H2,1H3/t10-,11+/m0/s1. The number of carbonyl (C=O) groups is 1. The molecule has 9 nitrogen and oxygen atoms in total. The summed E-state index contributed by atoms with van der Waals surface area (Å²) in [4.78, 5) is 14.5. The fourth-order valence-electron chi connectivity index (χ4n) is 1.56. The van der Waals surface area contributed by atoms with Crippen LogP contribution in [0.3, 0.4) is 0 Å². The van der Waals surface area contributed by atoms with Crippen LogP contribution in [0.15, 0.2) is 35.4 Å². The average Bonchev–Trinajstić information content (AvgIpc) is 2.49. The summed E-state index contributed by atoms with van der Waals surface area (Å²) in [5, 5.41) is 12.5. The van der Waals surface area contributed by atoms with Crippen LogP contribution in [0.2, 0.25) is 0 Å². The zero-order valence-electron chi connectivity index (χ0n) is 11.7. The van der Waals surface area contributed by atoms with Crippen molar-refractivity contribution in [1.29, 1.82) is 0 Å². The molecule has 1 aromatic rings. The Bertz CT molecular complexity index is 642. The molecule has 0 radical (unpaired) electrons. The van der Waals surface area contributed by atoms with Crippen molar-refractivity contribution in [2.45, 2.75) is 12.2 Å². The van der Waals surface area contributed by atoms with Gasteiger partial charge in [0, 0.05) is 4.91 Å². The lowest BCUT2D eigenvalue weighted by atomic mass is 10.2. The second kappa shape index (κ2) is 8.35. The summed E-state index contributed by atoms with van der Waals surface area (Å²) in [5.74, 6) is -0.755. The second-order valence-electron chi connectivity index (χ2n) is 4.24. The number of benzene rings is 1. The monoisotopic (exact) mass is 329 g/mol. The van der Waals surface area contributed by atoms with Crippen molar-refractivity contribution >= 4 is 16.1 Å². The van der Waals surface area contributed by atoms with Crippen molar-refractivity contribution in [2.24, 2.45) is 5.11 Å². The number of esters is 1. The van der Waals surface area contributed by atoms with E-state index in [2.05, 4.69) is 14.2 Å². The lowest BCUT2D eigenvalue weighted by Gasteiger charge is -2.23.